The average Bonchev–Trinajstić information content (AvgIpc) is 3.53. The summed E-state index contributed by atoms with van der Waals surface area (Å²) in [5.74, 6) is -0.894. The topological polar surface area (TPSA) is 137 Å². The summed E-state index contributed by atoms with van der Waals surface area (Å²) in [7, 11) is 1.54. The zero-order valence-corrected chi connectivity index (χ0v) is 18.0. The van der Waals surface area contributed by atoms with Crippen molar-refractivity contribution in [1.82, 2.24) is 10.2 Å². The molecule has 0 aliphatic heterocycles. The van der Waals surface area contributed by atoms with Gasteiger partial charge in [-0.25, -0.2) is 4.79 Å². The predicted molar refractivity (Wildman–Crippen MR) is 119 cm³/mol. The Kier molecular flexibility index (Phi) is 6.22. The molecule has 0 radical (unpaired) electrons. The Balaban J connectivity index is 1.53. The van der Waals surface area contributed by atoms with Crippen LogP contribution in [0.25, 0.3) is 10.8 Å². The van der Waals surface area contributed by atoms with Crippen LogP contribution < -0.4 is 5.32 Å². The molecule has 0 atom stereocenters. The zero-order chi connectivity index (χ0) is 23.4. The van der Waals surface area contributed by atoms with Crippen molar-refractivity contribution in [2.24, 2.45) is 0 Å². The normalized spacial score (nSPS) is 10.6. The fourth-order valence-corrected chi connectivity index (χ4v) is 3.71. The third-order valence-electron chi connectivity index (χ3n) is 4.64. The van der Waals surface area contributed by atoms with Crippen LogP contribution >= 0.6 is 11.3 Å². The molecule has 0 fully saturated rings. The van der Waals surface area contributed by atoms with Crippen LogP contribution in [-0.4, -0.2) is 33.9 Å². The molecule has 1 N–H and O–H groups in total. The number of carbonyl (C=O) groups excluding carboxylic acids is 2. The SMILES string of the molecule is CNc1ccc(C(=O)c2ccccc2C(=O)OCc2nnc(-c3cccs3)o2)cc1[N+](=O)[O-]. The third kappa shape index (κ3) is 4.62. The number of nitro benzene ring substituents is 1. The van der Waals surface area contributed by atoms with Crippen LogP contribution in [0.1, 0.15) is 32.2 Å². The number of hydrogen-bond acceptors (Lipinski definition) is 10. The van der Waals surface area contributed by atoms with Gasteiger partial charge in [-0.15, -0.1) is 21.5 Å². The van der Waals surface area contributed by atoms with Crippen molar-refractivity contribution < 1.29 is 23.7 Å². The fraction of sp³-hybridized carbons (Fsp3) is 0.0909. The van der Waals surface area contributed by atoms with Gasteiger partial charge in [-0.05, 0) is 29.6 Å². The summed E-state index contributed by atoms with van der Waals surface area (Å²) in [5.41, 5.74) is 0.158. The molecule has 0 saturated carbocycles. The number of hydrogen-bond donors (Lipinski definition) is 1. The van der Waals surface area contributed by atoms with Crippen LogP contribution in [0.4, 0.5) is 11.4 Å². The van der Waals surface area contributed by atoms with Crippen molar-refractivity contribution in [2.45, 2.75) is 6.61 Å². The van der Waals surface area contributed by atoms with E-state index in [1.54, 1.807) is 19.2 Å². The first-order valence-electron chi connectivity index (χ1n) is 9.61. The van der Waals surface area contributed by atoms with Crippen LogP contribution in [-0.2, 0) is 11.3 Å². The van der Waals surface area contributed by atoms with Gasteiger partial charge >= 0.3 is 5.97 Å². The van der Waals surface area contributed by atoms with Gasteiger partial charge in [-0.2, -0.15) is 0 Å². The summed E-state index contributed by atoms with van der Waals surface area (Å²) in [6.07, 6.45) is 0. The van der Waals surface area contributed by atoms with Gasteiger partial charge in [0.1, 0.15) is 5.69 Å². The predicted octanol–water partition coefficient (Wildman–Crippen LogP) is 4.34. The van der Waals surface area contributed by atoms with Crippen molar-refractivity contribution in [3.63, 3.8) is 0 Å². The lowest BCUT2D eigenvalue weighted by molar-refractivity contribution is -0.384. The monoisotopic (exact) mass is 464 g/mol. The highest BCUT2D eigenvalue weighted by Crippen LogP contribution is 2.27. The molecule has 0 bridgehead atoms. The minimum atomic E-state index is -0.767. The van der Waals surface area contributed by atoms with Crippen LogP contribution in [0.5, 0.6) is 0 Å². The Morgan fingerprint density at radius 1 is 1.12 bits per heavy atom. The molecule has 0 saturated heterocycles. The van der Waals surface area contributed by atoms with Gasteiger partial charge in [0, 0.05) is 24.2 Å². The minimum Gasteiger partial charge on any atom is -0.452 e. The molecule has 10 nitrogen and oxygen atoms in total. The molecule has 166 valence electrons. The van der Waals surface area contributed by atoms with Crippen molar-refractivity contribution in [2.75, 3.05) is 12.4 Å². The maximum Gasteiger partial charge on any atom is 0.339 e. The number of aromatic nitrogens is 2. The van der Waals surface area contributed by atoms with E-state index >= 15 is 0 Å². The molecule has 4 aromatic rings. The molecule has 11 heteroatoms. The lowest BCUT2D eigenvalue weighted by atomic mass is 9.97. The van der Waals surface area contributed by atoms with E-state index < -0.39 is 16.7 Å². The molecule has 0 amide bonds. The highest BCUT2D eigenvalue weighted by Gasteiger charge is 2.23. The second-order valence-electron chi connectivity index (χ2n) is 6.67. The average molecular weight is 464 g/mol. The van der Waals surface area contributed by atoms with Gasteiger partial charge < -0.3 is 14.5 Å². The summed E-state index contributed by atoms with van der Waals surface area (Å²) < 4.78 is 10.8. The van der Waals surface area contributed by atoms with E-state index in [1.807, 2.05) is 17.5 Å². The number of rotatable bonds is 8. The van der Waals surface area contributed by atoms with E-state index in [-0.39, 0.29) is 40.6 Å². The number of nitrogens with one attached hydrogen (secondary N) is 1. The lowest BCUT2D eigenvalue weighted by Crippen LogP contribution is -2.13. The molecule has 0 aliphatic rings. The molecule has 0 unspecified atom stereocenters. The standard InChI is InChI=1S/C22H16N4O6S/c1-23-16-9-8-13(11-17(16)26(29)30)20(27)14-5-2-3-6-15(14)22(28)31-12-19-24-25-21(32-19)18-7-4-10-33-18/h2-11,23H,12H2,1H3. The van der Waals surface area contributed by atoms with E-state index in [2.05, 4.69) is 15.5 Å². The van der Waals surface area contributed by atoms with E-state index in [4.69, 9.17) is 9.15 Å². The Labute approximate surface area is 191 Å². The summed E-state index contributed by atoms with van der Waals surface area (Å²) in [5, 5.41) is 23.7. The second-order valence-corrected chi connectivity index (χ2v) is 7.62. The van der Waals surface area contributed by atoms with Gasteiger partial charge in [0.2, 0.25) is 0 Å². The molecular weight excluding hydrogens is 448 g/mol. The number of ketones is 1. The molecule has 2 aromatic heterocycles. The van der Waals surface area contributed by atoms with E-state index in [0.29, 0.717) is 5.89 Å². The maximum atomic E-state index is 13.1. The Hall–Kier alpha value is -4.38. The van der Waals surface area contributed by atoms with E-state index in [0.717, 1.165) is 4.88 Å². The lowest BCUT2D eigenvalue weighted by Gasteiger charge is -2.09. The van der Waals surface area contributed by atoms with Crippen LogP contribution in [0.2, 0.25) is 0 Å². The largest absolute Gasteiger partial charge is 0.452 e. The molecular formula is C22H16N4O6S. The van der Waals surface area contributed by atoms with Gasteiger partial charge in [-0.1, -0.05) is 24.3 Å². The highest BCUT2D eigenvalue weighted by atomic mass is 32.1. The number of nitro groups is 1. The maximum absolute atomic E-state index is 13.1. The number of anilines is 1. The van der Waals surface area contributed by atoms with Gasteiger partial charge in [0.25, 0.3) is 17.5 Å². The van der Waals surface area contributed by atoms with Crippen molar-refractivity contribution in [1.29, 1.82) is 0 Å². The fourth-order valence-electron chi connectivity index (χ4n) is 3.07. The quantitative estimate of drug-likeness (QED) is 0.175. The number of nitrogens with zero attached hydrogens (tertiary/aromatic N) is 3. The van der Waals surface area contributed by atoms with Crippen molar-refractivity contribution in [3.05, 3.63) is 92.7 Å². The summed E-state index contributed by atoms with van der Waals surface area (Å²) in [4.78, 5) is 37.3. The highest BCUT2D eigenvalue weighted by molar-refractivity contribution is 7.13. The molecule has 2 aromatic carbocycles. The van der Waals surface area contributed by atoms with Crippen molar-refractivity contribution in [3.8, 4) is 10.8 Å². The Bertz CT molecular complexity index is 1330. The summed E-state index contributed by atoms with van der Waals surface area (Å²) >= 11 is 1.43. The second kappa shape index (κ2) is 9.40. The first kappa shape index (κ1) is 21.8. The molecule has 0 spiro atoms. The van der Waals surface area contributed by atoms with E-state index in [1.165, 1.54) is 41.7 Å². The first-order chi connectivity index (χ1) is 16.0. The van der Waals surface area contributed by atoms with Crippen LogP contribution in [0.3, 0.4) is 0 Å². The van der Waals surface area contributed by atoms with Crippen LogP contribution in [0.15, 0.2) is 64.4 Å². The number of benzene rings is 2. The van der Waals surface area contributed by atoms with Gasteiger partial charge in [0.05, 0.1) is 15.4 Å². The number of thiophene rings is 1. The summed E-state index contributed by atoms with van der Waals surface area (Å²) in [6, 6.07) is 13.8. The third-order valence-corrected chi connectivity index (χ3v) is 5.50. The molecule has 2 heterocycles. The van der Waals surface area contributed by atoms with Gasteiger partial charge in [-0.3, -0.25) is 14.9 Å². The number of esters is 1. The molecule has 33 heavy (non-hydrogen) atoms. The zero-order valence-electron chi connectivity index (χ0n) is 17.2. The molecule has 4 rings (SSSR count). The van der Waals surface area contributed by atoms with Crippen molar-refractivity contribution >= 4 is 34.5 Å². The smallest absolute Gasteiger partial charge is 0.339 e. The number of carbonyl (C=O) groups is 2. The minimum absolute atomic E-state index is 0.0147. The first-order valence-corrected chi connectivity index (χ1v) is 10.5. The van der Waals surface area contributed by atoms with E-state index in [9.17, 15) is 19.7 Å². The van der Waals surface area contributed by atoms with Crippen LogP contribution in [0, 0.1) is 10.1 Å². The Morgan fingerprint density at radius 3 is 2.61 bits per heavy atom. The molecule has 0 aliphatic carbocycles. The summed E-state index contributed by atoms with van der Waals surface area (Å²) in [6.45, 7) is -0.276. The Morgan fingerprint density at radius 2 is 1.91 bits per heavy atom. The number of ether oxygens (including phenoxy) is 1. The van der Waals surface area contributed by atoms with Gasteiger partial charge in [0.15, 0.2) is 12.4 Å².